The van der Waals surface area contributed by atoms with E-state index in [2.05, 4.69) is 20.6 Å². The fourth-order valence-electron chi connectivity index (χ4n) is 1.79. The zero-order chi connectivity index (χ0) is 11.5. The second kappa shape index (κ2) is 4.65. The molecule has 0 amide bonds. The van der Waals surface area contributed by atoms with Gasteiger partial charge in [-0.15, -0.1) is 0 Å². The maximum Gasteiger partial charge on any atom is 0.224 e. The maximum absolute atomic E-state index is 9.20. The van der Waals surface area contributed by atoms with E-state index < -0.39 is 0 Å². The molecule has 1 aliphatic rings. The SMILES string of the molecule is CCNc1nc(C)cc(NC2CC(O)C2)n1. The van der Waals surface area contributed by atoms with Crippen molar-refractivity contribution in [1.82, 2.24) is 9.97 Å². The highest BCUT2D eigenvalue weighted by molar-refractivity contribution is 5.43. The number of hydrogen-bond acceptors (Lipinski definition) is 5. The molecule has 0 saturated heterocycles. The second-order valence-electron chi connectivity index (χ2n) is 4.21. The lowest BCUT2D eigenvalue weighted by Crippen LogP contribution is -2.39. The largest absolute Gasteiger partial charge is 0.393 e. The third-order valence-electron chi connectivity index (χ3n) is 2.65. The van der Waals surface area contributed by atoms with Crippen LogP contribution >= 0.6 is 0 Å². The molecule has 88 valence electrons. The summed E-state index contributed by atoms with van der Waals surface area (Å²) in [5, 5.41) is 15.6. The average molecular weight is 222 g/mol. The van der Waals surface area contributed by atoms with Gasteiger partial charge < -0.3 is 15.7 Å². The van der Waals surface area contributed by atoms with Crippen LogP contribution in [0.15, 0.2) is 6.07 Å². The van der Waals surface area contributed by atoms with Gasteiger partial charge >= 0.3 is 0 Å². The Morgan fingerprint density at radius 2 is 2.19 bits per heavy atom. The van der Waals surface area contributed by atoms with Crippen LogP contribution in [0, 0.1) is 6.92 Å². The molecule has 1 fully saturated rings. The molecule has 0 aromatic carbocycles. The zero-order valence-electron chi connectivity index (χ0n) is 9.70. The number of rotatable bonds is 4. The Hall–Kier alpha value is -1.36. The van der Waals surface area contributed by atoms with Gasteiger partial charge in [-0.1, -0.05) is 0 Å². The van der Waals surface area contributed by atoms with E-state index in [1.54, 1.807) is 0 Å². The van der Waals surface area contributed by atoms with Crippen molar-refractivity contribution in [2.75, 3.05) is 17.2 Å². The number of aromatic nitrogens is 2. The van der Waals surface area contributed by atoms with Gasteiger partial charge in [-0.3, -0.25) is 0 Å². The molecule has 5 nitrogen and oxygen atoms in total. The molecule has 0 bridgehead atoms. The minimum atomic E-state index is -0.145. The lowest BCUT2D eigenvalue weighted by Gasteiger charge is -2.32. The third kappa shape index (κ3) is 2.61. The molecule has 1 saturated carbocycles. The minimum absolute atomic E-state index is 0.145. The summed E-state index contributed by atoms with van der Waals surface area (Å²) in [5.74, 6) is 1.49. The van der Waals surface area contributed by atoms with Crippen molar-refractivity contribution in [3.05, 3.63) is 11.8 Å². The summed E-state index contributed by atoms with van der Waals surface area (Å²) in [5.41, 5.74) is 0.938. The molecule has 1 aromatic rings. The van der Waals surface area contributed by atoms with E-state index in [0.29, 0.717) is 12.0 Å². The van der Waals surface area contributed by atoms with E-state index in [9.17, 15) is 5.11 Å². The second-order valence-corrected chi connectivity index (χ2v) is 4.21. The Kier molecular flexibility index (Phi) is 3.24. The molecule has 5 heteroatoms. The normalized spacial score (nSPS) is 23.7. The van der Waals surface area contributed by atoms with Crippen LogP contribution in [0.3, 0.4) is 0 Å². The van der Waals surface area contributed by atoms with Crippen molar-refractivity contribution in [1.29, 1.82) is 0 Å². The summed E-state index contributed by atoms with van der Waals surface area (Å²) in [7, 11) is 0. The molecule has 0 aliphatic heterocycles. The molecule has 0 spiro atoms. The van der Waals surface area contributed by atoms with Crippen LogP contribution < -0.4 is 10.6 Å². The number of aryl methyl sites for hydroxylation is 1. The summed E-state index contributed by atoms with van der Waals surface area (Å²) >= 11 is 0. The first-order valence-electron chi connectivity index (χ1n) is 5.71. The fourth-order valence-corrected chi connectivity index (χ4v) is 1.79. The summed E-state index contributed by atoms with van der Waals surface area (Å²) in [6, 6.07) is 2.27. The highest BCUT2D eigenvalue weighted by atomic mass is 16.3. The lowest BCUT2D eigenvalue weighted by molar-refractivity contribution is 0.0835. The van der Waals surface area contributed by atoms with Crippen LogP contribution in [0.2, 0.25) is 0 Å². The molecule has 0 atom stereocenters. The van der Waals surface area contributed by atoms with Gasteiger partial charge in [0.1, 0.15) is 5.82 Å². The van der Waals surface area contributed by atoms with E-state index in [0.717, 1.165) is 30.9 Å². The molecule has 3 N–H and O–H groups in total. The van der Waals surface area contributed by atoms with Gasteiger partial charge in [0.2, 0.25) is 5.95 Å². The first kappa shape index (κ1) is 11.1. The predicted octanol–water partition coefficient (Wildman–Crippen LogP) is 1.15. The number of hydrogen-bond donors (Lipinski definition) is 3. The average Bonchev–Trinajstić information content (AvgIpc) is 2.15. The van der Waals surface area contributed by atoms with Gasteiger partial charge in [-0.2, -0.15) is 4.98 Å². The number of nitrogens with zero attached hydrogens (tertiary/aromatic N) is 2. The van der Waals surface area contributed by atoms with Gasteiger partial charge in [-0.25, -0.2) is 4.98 Å². The van der Waals surface area contributed by atoms with Crippen molar-refractivity contribution < 1.29 is 5.11 Å². The summed E-state index contributed by atoms with van der Waals surface area (Å²) in [6.45, 7) is 4.77. The molecular formula is C11H18N4O. The van der Waals surface area contributed by atoms with E-state index in [1.165, 1.54) is 0 Å². The van der Waals surface area contributed by atoms with Crippen LogP contribution in [0.5, 0.6) is 0 Å². The van der Waals surface area contributed by atoms with Crippen LogP contribution in [0.25, 0.3) is 0 Å². The van der Waals surface area contributed by atoms with Crippen LogP contribution in [0.4, 0.5) is 11.8 Å². The Bertz CT molecular complexity index is 363. The molecule has 0 radical (unpaired) electrons. The highest BCUT2D eigenvalue weighted by Gasteiger charge is 2.27. The van der Waals surface area contributed by atoms with E-state index in [1.807, 2.05) is 19.9 Å². The lowest BCUT2D eigenvalue weighted by atomic mass is 9.89. The van der Waals surface area contributed by atoms with Gasteiger partial charge in [0.25, 0.3) is 0 Å². The van der Waals surface area contributed by atoms with Crippen molar-refractivity contribution in [2.24, 2.45) is 0 Å². The number of nitrogens with one attached hydrogen (secondary N) is 2. The van der Waals surface area contributed by atoms with E-state index in [-0.39, 0.29) is 6.10 Å². The van der Waals surface area contributed by atoms with Crippen molar-refractivity contribution >= 4 is 11.8 Å². The summed E-state index contributed by atoms with van der Waals surface area (Å²) < 4.78 is 0. The number of aliphatic hydroxyl groups excluding tert-OH is 1. The quantitative estimate of drug-likeness (QED) is 0.713. The maximum atomic E-state index is 9.20. The van der Waals surface area contributed by atoms with Gasteiger partial charge in [0, 0.05) is 24.3 Å². The molecule has 16 heavy (non-hydrogen) atoms. The molecule has 1 aliphatic carbocycles. The summed E-state index contributed by atoms with van der Waals surface area (Å²) in [4.78, 5) is 8.63. The molecule has 0 unspecified atom stereocenters. The van der Waals surface area contributed by atoms with Crippen molar-refractivity contribution in [2.45, 2.75) is 38.8 Å². The standard InChI is InChI=1S/C11H18N4O/c1-3-12-11-13-7(2)4-10(15-11)14-8-5-9(16)6-8/h4,8-9,16H,3,5-6H2,1-2H3,(H2,12,13,14,15). The first-order valence-corrected chi connectivity index (χ1v) is 5.71. The topological polar surface area (TPSA) is 70.1 Å². The van der Waals surface area contributed by atoms with Crippen molar-refractivity contribution in [3.63, 3.8) is 0 Å². The zero-order valence-corrected chi connectivity index (χ0v) is 9.70. The monoisotopic (exact) mass is 222 g/mol. The van der Waals surface area contributed by atoms with Gasteiger partial charge in [-0.05, 0) is 26.7 Å². The van der Waals surface area contributed by atoms with Crippen molar-refractivity contribution in [3.8, 4) is 0 Å². The first-order chi connectivity index (χ1) is 7.67. The number of aliphatic hydroxyl groups is 1. The third-order valence-corrected chi connectivity index (χ3v) is 2.65. The van der Waals surface area contributed by atoms with Crippen LogP contribution in [0.1, 0.15) is 25.5 Å². The minimum Gasteiger partial charge on any atom is -0.393 e. The smallest absolute Gasteiger partial charge is 0.224 e. The molecule has 1 aromatic heterocycles. The molecular weight excluding hydrogens is 204 g/mol. The van der Waals surface area contributed by atoms with E-state index in [4.69, 9.17) is 0 Å². The van der Waals surface area contributed by atoms with Gasteiger partial charge in [0.05, 0.1) is 6.10 Å². The Morgan fingerprint density at radius 3 is 2.81 bits per heavy atom. The summed E-state index contributed by atoms with van der Waals surface area (Å²) in [6.07, 6.45) is 1.47. The fraction of sp³-hybridized carbons (Fsp3) is 0.636. The Labute approximate surface area is 95.3 Å². The Balaban J connectivity index is 2.02. The van der Waals surface area contributed by atoms with E-state index >= 15 is 0 Å². The Morgan fingerprint density at radius 1 is 1.44 bits per heavy atom. The van der Waals surface area contributed by atoms with Gasteiger partial charge in [0.15, 0.2) is 0 Å². The van der Waals surface area contributed by atoms with Crippen LogP contribution in [-0.4, -0.2) is 33.8 Å². The van der Waals surface area contributed by atoms with Crippen LogP contribution in [-0.2, 0) is 0 Å². The molecule has 2 rings (SSSR count). The molecule has 1 heterocycles. The predicted molar refractivity (Wildman–Crippen MR) is 63.6 cm³/mol. The number of anilines is 2. The highest BCUT2D eigenvalue weighted by Crippen LogP contribution is 2.23.